The molecule has 0 unspecified atom stereocenters. The number of aryl methyl sites for hydroxylation is 1. The molecule has 3 rings (SSSR count). The van der Waals surface area contributed by atoms with Gasteiger partial charge < -0.3 is 20.1 Å². The zero-order valence-electron chi connectivity index (χ0n) is 14.2. The van der Waals surface area contributed by atoms with E-state index >= 15 is 0 Å². The van der Waals surface area contributed by atoms with Crippen molar-refractivity contribution < 1.29 is 20.1 Å². The van der Waals surface area contributed by atoms with Crippen molar-refractivity contribution in [3.05, 3.63) is 5.69 Å². The second-order valence-electron chi connectivity index (χ2n) is 6.06. The molecule has 10 heteroatoms. The quantitative estimate of drug-likeness (QED) is 0.459. The SMILES string of the molecule is CCCSc1nc(C)c2nnn([C@@H]3C[C@H](OCCO)[C@@H](O)[C@H]3O)c2n1. The molecule has 25 heavy (non-hydrogen) atoms. The van der Waals surface area contributed by atoms with E-state index in [1.54, 1.807) is 16.4 Å². The lowest BCUT2D eigenvalue weighted by Crippen LogP contribution is -2.33. The van der Waals surface area contributed by atoms with E-state index in [4.69, 9.17) is 9.84 Å². The van der Waals surface area contributed by atoms with Gasteiger partial charge in [-0.3, -0.25) is 0 Å². The first-order valence-electron chi connectivity index (χ1n) is 8.37. The summed E-state index contributed by atoms with van der Waals surface area (Å²) in [6.45, 7) is 3.91. The lowest BCUT2D eigenvalue weighted by molar-refractivity contribution is -0.0629. The zero-order valence-corrected chi connectivity index (χ0v) is 15.1. The number of ether oxygens (including phenoxy) is 1. The number of nitrogens with zero attached hydrogens (tertiary/aromatic N) is 5. The highest BCUT2D eigenvalue weighted by molar-refractivity contribution is 7.99. The lowest BCUT2D eigenvalue weighted by atomic mass is 10.2. The molecular weight excluding hydrogens is 346 g/mol. The molecule has 1 saturated carbocycles. The van der Waals surface area contributed by atoms with Crippen molar-refractivity contribution in [2.75, 3.05) is 19.0 Å². The Bertz CT molecular complexity index is 727. The first-order chi connectivity index (χ1) is 12.1. The van der Waals surface area contributed by atoms with Crippen molar-refractivity contribution in [1.29, 1.82) is 0 Å². The van der Waals surface area contributed by atoms with Crippen molar-refractivity contribution in [1.82, 2.24) is 25.0 Å². The molecule has 1 aliphatic rings. The van der Waals surface area contributed by atoms with E-state index < -0.39 is 24.4 Å². The van der Waals surface area contributed by atoms with Crippen LogP contribution in [0.5, 0.6) is 0 Å². The molecule has 0 bridgehead atoms. The fourth-order valence-corrected chi connectivity index (χ4v) is 3.74. The summed E-state index contributed by atoms with van der Waals surface area (Å²) in [6.07, 6.45) is -1.28. The molecule has 0 saturated heterocycles. The zero-order chi connectivity index (χ0) is 18.0. The average Bonchev–Trinajstić information content (AvgIpc) is 3.14. The maximum Gasteiger partial charge on any atom is 0.189 e. The van der Waals surface area contributed by atoms with Gasteiger partial charge in [-0.05, 0) is 13.3 Å². The van der Waals surface area contributed by atoms with Crippen LogP contribution in [0.3, 0.4) is 0 Å². The molecule has 0 radical (unpaired) electrons. The number of aromatic nitrogens is 5. The molecule has 0 spiro atoms. The van der Waals surface area contributed by atoms with Crippen molar-refractivity contribution in [2.45, 2.75) is 56.2 Å². The number of aliphatic hydroxyl groups is 3. The van der Waals surface area contributed by atoms with E-state index in [2.05, 4.69) is 27.2 Å². The minimum Gasteiger partial charge on any atom is -0.394 e. The monoisotopic (exact) mass is 369 g/mol. The summed E-state index contributed by atoms with van der Waals surface area (Å²) >= 11 is 1.56. The van der Waals surface area contributed by atoms with E-state index in [-0.39, 0.29) is 13.2 Å². The highest BCUT2D eigenvalue weighted by atomic mass is 32.2. The third kappa shape index (κ3) is 3.63. The molecule has 0 aliphatic heterocycles. The maximum absolute atomic E-state index is 10.4. The second-order valence-corrected chi connectivity index (χ2v) is 7.13. The molecule has 3 N–H and O–H groups in total. The van der Waals surface area contributed by atoms with Gasteiger partial charge in [0, 0.05) is 12.2 Å². The van der Waals surface area contributed by atoms with Crippen LogP contribution in [0.4, 0.5) is 0 Å². The van der Waals surface area contributed by atoms with Gasteiger partial charge in [0.1, 0.15) is 12.2 Å². The molecule has 2 aromatic heterocycles. The Balaban J connectivity index is 1.91. The summed E-state index contributed by atoms with van der Waals surface area (Å²) in [5.74, 6) is 0.911. The van der Waals surface area contributed by atoms with Crippen LogP contribution in [0.2, 0.25) is 0 Å². The number of aliphatic hydroxyl groups excluding tert-OH is 3. The Kier molecular flexibility index (Phi) is 5.85. The van der Waals surface area contributed by atoms with Crippen LogP contribution in [0.1, 0.15) is 31.5 Å². The summed E-state index contributed by atoms with van der Waals surface area (Å²) in [7, 11) is 0. The smallest absolute Gasteiger partial charge is 0.189 e. The van der Waals surface area contributed by atoms with Gasteiger partial charge in [0.25, 0.3) is 0 Å². The van der Waals surface area contributed by atoms with Gasteiger partial charge in [0.15, 0.2) is 16.3 Å². The van der Waals surface area contributed by atoms with Crippen LogP contribution in [0.25, 0.3) is 11.2 Å². The first kappa shape index (κ1) is 18.5. The predicted molar refractivity (Wildman–Crippen MR) is 91.4 cm³/mol. The Labute approximate surface area is 149 Å². The van der Waals surface area contributed by atoms with E-state index in [0.717, 1.165) is 17.9 Å². The summed E-state index contributed by atoms with van der Waals surface area (Å²) < 4.78 is 6.97. The number of hydrogen-bond donors (Lipinski definition) is 3. The number of thioether (sulfide) groups is 1. The Morgan fingerprint density at radius 3 is 2.80 bits per heavy atom. The Hall–Kier alpha value is -1.33. The van der Waals surface area contributed by atoms with E-state index in [1.165, 1.54) is 0 Å². The van der Waals surface area contributed by atoms with E-state index in [1.807, 2.05) is 6.92 Å². The first-order valence-corrected chi connectivity index (χ1v) is 9.36. The van der Waals surface area contributed by atoms with E-state index in [0.29, 0.717) is 22.7 Å². The Morgan fingerprint density at radius 2 is 2.08 bits per heavy atom. The summed E-state index contributed by atoms with van der Waals surface area (Å²) in [6, 6.07) is -0.498. The summed E-state index contributed by atoms with van der Waals surface area (Å²) in [5, 5.41) is 38.4. The molecule has 1 fully saturated rings. The van der Waals surface area contributed by atoms with Crippen molar-refractivity contribution in [3.8, 4) is 0 Å². The van der Waals surface area contributed by atoms with Crippen molar-refractivity contribution >= 4 is 22.9 Å². The maximum atomic E-state index is 10.4. The van der Waals surface area contributed by atoms with E-state index in [9.17, 15) is 10.2 Å². The molecule has 0 aromatic carbocycles. The summed E-state index contributed by atoms with van der Waals surface area (Å²) in [5.41, 5.74) is 1.86. The Morgan fingerprint density at radius 1 is 1.28 bits per heavy atom. The second kappa shape index (κ2) is 7.92. The van der Waals surface area contributed by atoms with Gasteiger partial charge >= 0.3 is 0 Å². The molecule has 2 aromatic rings. The predicted octanol–water partition coefficient (Wildman–Crippen LogP) is 0.0759. The fraction of sp³-hybridized carbons (Fsp3) is 0.733. The van der Waals surface area contributed by atoms with Gasteiger partial charge in [0.2, 0.25) is 0 Å². The van der Waals surface area contributed by atoms with Crippen LogP contribution in [-0.2, 0) is 4.74 Å². The van der Waals surface area contributed by atoms with Crippen LogP contribution >= 0.6 is 11.8 Å². The molecule has 1 aliphatic carbocycles. The van der Waals surface area contributed by atoms with Crippen molar-refractivity contribution in [3.63, 3.8) is 0 Å². The topological polar surface area (TPSA) is 126 Å². The number of fused-ring (bicyclic) bond motifs is 1. The van der Waals surface area contributed by atoms with Crippen LogP contribution in [0, 0.1) is 6.92 Å². The molecule has 2 heterocycles. The van der Waals surface area contributed by atoms with Crippen LogP contribution in [-0.4, -0.2) is 77.6 Å². The largest absolute Gasteiger partial charge is 0.394 e. The minimum atomic E-state index is -1.05. The molecule has 9 nitrogen and oxygen atoms in total. The van der Waals surface area contributed by atoms with Gasteiger partial charge in [-0.2, -0.15) is 0 Å². The minimum absolute atomic E-state index is 0.109. The number of rotatable bonds is 7. The third-order valence-electron chi connectivity index (χ3n) is 4.25. The standard InChI is InChI=1S/C15H23N5O4S/c1-3-6-25-15-16-8(2)11-14(17-15)20(19-18-11)9-7-10(24-5-4-21)13(23)12(9)22/h9-10,12-13,21-23H,3-7H2,1-2H3/t9-,10+,12+,13-/m1/s1. The highest BCUT2D eigenvalue weighted by Crippen LogP contribution is 2.34. The fourth-order valence-electron chi connectivity index (χ4n) is 3.00. The van der Waals surface area contributed by atoms with Gasteiger partial charge in [-0.25, -0.2) is 14.6 Å². The van der Waals surface area contributed by atoms with Gasteiger partial charge in [0.05, 0.1) is 31.1 Å². The summed E-state index contributed by atoms with van der Waals surface area (Å²) in [4.78, 5) is 8.98. The molecular formula is C15H23N5O4S. The molecule has 0 amide bonds. The van der Waals surface area contributed by atoms with Crippen LogP contribution in [0.15, 0.2) is 5.16 Å². The highest BCUT2D eigenvalue weighted by Gasteiger charge is 2.44. The third-order valence-corrected chi connectivity index (χ3v) is 5.30. The van der Waals surface area contributed by atoms with Gasteiger partial charge in [-0.1, -0.05) is 23.9 Å². The lowest BCUT2D eigenvalue weighted by Gasteiger charge is -2.17. The number of hydrogen-bond acceptors (Lipinski definition) is 9. The van der Waals surface area contributed by atoms with Crippen LogP contribution < -0.4 is 0 Å². The molecule has 138 valence electrons. The van der Waals surface area contributed by atoms with Crippen molar-refractivity contribution in [2.24, 2.45) is 0 Å². The van der Waals surface area contributed by atoms with Gasteiger partial charge in [-0.15, -0.1) is 5.10 Å². The normalized spacial score (nSPS) is 26.6. The molecule has 4 atom stereocenters. The average molecular weight is 369 g/mol.